The van der Waals surface area contributed by atoms with Gasteiger partial charge in [-0.1, -0.05) is 0 Å². The fraction of sp³-hybridized carbons (Fsp3) is 0.562. The second-order valence-corrected chi connectivity index (χ2v) is 8.51. The summed E-state index contributed by atoms with van der Waals surface area (Å²) in [6, 6.07) is 4.96. The van der Waals surface area contributed by atoms with Gasteiger partial charge >= 0.3 is 0 Å². The van der Waals surface area contributed by atoms with Crippen LogP contribution < -0.4 is 14.9 Å². The van der Waals surface area contributed by atoms with Crippen molar-refractivity contribution < 1.29 is 18.3 Å². The minimum atomic E-state index is -3.33. The highest BCUT2D eigenvalue weighted by atomic mass is 35.5. The van der Waals surface area contributed by atoms with Gasteiger partial charge in [0.05, 0.1) is 18.0 Å². The average Bonchev–Trinajstić information content (AvgIpc) is 3.05. The van der Waals surface area contributed by atoms with Crippen molar-refractivity contribution in [2.45, 2.75) is 25.5 Å². The van der Waals surface area contributed by atoms with Gasteiger partial charge in [-0.3, -0.25) is 9.10 Å². The van der Waals surface area contributed by atoms with Gasteiger partial charge in [-0.2, -0.15) is 0 Å². The van der Waals surface area contributed by atoms with Gasteiger partial charge in [0, 0.05) is 37.2 Å². The van der Waals surface area contributed by atoms with E-state index in [9.17, 15) is 18.3 Å². The van der Waals surface area contributed by atoms with Crippen LogP contribution in [0.2, 0.25) is 0 Å². The number of nitrogens with one attached hydrogen (secondary N) is 2. The maximum absolute atomic E-state index is 12.3. The number of hydrogen-bond donors (Lipinski definition) is 3. The molecule has 2 aliphatic rings. The van der Waals surface area contributed by atoms with Crippen molar-refractivity contribution in [2.24, 2.45) is 5.92 Å². The highest BCUT2D eigenvalue weighted by Gasteiger charge is 2.33. The normalized spacial score (nSPS) is 25.4. The molecule has 140 valence electrons. The number of hydrogen-bond acceptors (Lipinski definition) is 5. The quantitative estimate of drug-likeness (QED) is 0.679. The standard InChI is InChI=1S/C16H23N3O4S.ClH/c1-10-5-12-6-11(3-4-14(12)19(10)24(2,22)23)16(21)18-8-13-7-17-9-15(13)20;/h3-4,6,10,13,15,17,20H,5,7-9H2,1-2H3,(H,18,21);1H. The number of rotatable bonds is 4. The molecule has 1 amide bonds. The summed E-state index contributed by atoms with van der Waals surface area (Å²) >= 11 is 0. The number of nitrogens with zero attached hydrogens (tertiary/aromatic N) is 1. The van der Waals surface area contributed by atoms with Crippen LogP contribution in [-0.4, -0.2) is 57.5 Å². The van der Waals surface area contributed by atoms with E-state index in [2.05, 4.69) is 10.6 Å². The monoisotopic (exact) mass is 389 g/mol. The Morgan fingerprint density at radius 1 is 1.40 bits per heavy atom. The summed E-state index contributed by atoms with van der Waals surface area (Å²) in [5.74, 6) is -0.188. The minimum absolute atomic E-state index is 0. The van der Waals surface area contributed by atoms with E-state index in [0.29, 0.717) is 37.3 Å². The van der Waals surface area contributed by atoms with Gasteiger partial charge in [0.15, 0.2) is 0 Å². The van der Waals surface area contributed by atoms with E-state index >= 15 is 0 Å². The third-order valence-electron chi connectivity index (χ3n) is 4.68. The Morgan fingerprint density at radius 3 is 2.72 bits per heavy atom. The van der Waals surface area contributed by atoms with Gasteiger partial charge in [0.25, 0.3) is 5.91 Å². The van der Waals surface area contributed by atoms with Crippen LogP contribution in [0.4, 0.5) is 5.69 Å². The zero-order valence-corrected chi connectivity index (χ0v) is 15.9. The van der Waals surface area contributed by atoms with Crippen LogP contribution in [-0.2, 0) is 16.4 Å². The molecule has 1 fully saturated rings. The molecule has 2 aliphatic heterocycles. The third-order valence-corrected chi connectivity index (χ3v) is 5.95. The SMILES string of the molecule is CC1Cc2cc(C(=O)NCC3CNCC3O)ccc2N1S(C)(=O)=O.Cl. The van der Waals surface area contributed by atoms with Crippen LogP contribution in [0.3, 0.4) is 0 Å². The molecule has 25 heavy (non-hydrogen) atoms. The van der Waals surface area contributed by atoms with Gasteiger partial charge < -0.3 is 15.7 Å². The molecule has 3 unspecified atom stereocenters. The third kappa shape index (κ3) is 4.08. The molecule has 9 heteroatoms. The van der Waals surface area contributed by atoms with E-state index in [-0.39, 0.29) is 30.3 Å². The molecular weight excluding hydrogens is 366 g/mol. The summed E-state index contributed by atoms with van der Waals surface area (Å²) in [6.07, 6.45) is 1.35. The number of halogens is 1. The van der Waals surface area contributed by atoms with Crippen LogP contribution in [0.5, 0.6) is 0 Å². The van der Waals surface area contributed by atoms with E-state index in [0.717, 1.165) is 5.56 Å². The number of benzene rings is 1. The van der Waals surface area contributed by atoms with E-state index in [1.165, 1.54) is 10.6 Å². The van der Waals surface area contributed by atoms with Gasteiger partial charge in [-0.25, -0.2) is 8.42 Å². The molecule has 2 heterocycles. The first kappa shape index (κ1) is 20.0. The first-order valence-electron chi connectivity index (χ1n) is 8.06. The molecule has 7 nitrogen and oxygen atoms in total. The number of β-amino-alcohol motifs (C(OH)–C–C–N with tert-alkyl or cyclic N) is 1. The largest absolute Gasteiger partial charge is 0.391 e. The number of sulfonamides is 1. The number of carbonyl (C=O) groups excluding carboxylic acids is 1. The Bertz CT molecular complexity index is 756. The molecule has 3 rings (SSSR count). The number of aliphatic hydroxyl groups is 1. The van der Waals surface area contributed by atoms with Crippen molar-refractivity contribution in [1.29, 1.82) is 0 Å². The van der Waals surface area contributed by atoms with E-state index < -0.39 is 16.1 Å². The van der Waals surface area contributed by atoms with E-state index in [1.807, 2.05) is 6.92 Å². The lowest BCUT2D eigenvalue weighted by molar-refractivity contribution is 0.0927. The number of fused-ring (bicyclic) bond motifs is 1. The maximum atomic E-state index is 12.3. The first-order chi connectivity index (χ1) is 11.3. The number of aliphatic hydroxyl groups excluding tert-OH is 1. The Balaban J connectivity index is 0.00000225. The first-order valence-corrected chi connectivity index (χ1v) is 9.91. The molecule has 0 radical (unpaired) electrons. The fourth-order valence-corrected chi connectivity index (χ4v) is 4.77. The smallest absolute Gasteiger partial charge is 0.251 e. The summed E-state index contributed by atoms with van der Waals surface area (Å²) in [7, 11) is -3.33. The Labute approximate surface area is 154 Å². The van der Waals surface area contributed by atoms with Crippen molar-refractivity contribution in [2.75, 3.05) is 30.2 Å². The molecule has 0 bridgehead atoms. The molecule has 3 N–H and O–H groups in total. The van der Waals surface area contributed by atoms with Crippen molar-refractivity contribution in [3.8, 4) is 0 Å². The van der Waals surface area contributed by atoms with Crippen LogP contribution in [0.15, 0.2) is 18.2 Å². The topological polar surface area (TPSA) is 98.7 Å². The molecule has 1 aromatic rings. The lowest BCUT2D eigenvalue weighted by Crippen LogP contribution is -2.34. The van der Waals surface area contributed by atoms with Crippen LogP contribution in [0.1, 0.15) is 22.8 Å². The van der Waals surface area contributed by atoms with E-state index in [4.69, 9.17) is 0 Å². The molecule has 0 saturated carbocycles. The van der Waals surface area contributed by atoms with Crippen molar-refractivity contribution in [3.63, 3.8) is 0 Å². The molecule has 0 aliphatic carbocycles. The number of amides is 1. The summed E-state index contributed by atoms with van der Waals surface area (Å²) in [5, 5.41) is 15.7. The molecule has 1 saturated heterocycles. The number of anilines is 1. The summed E-state index contributed by atoms with van der Waals surface area (Å²) in [5.41, 5.74) is 2.02. The zero-order valence-electron chi connectivity index (χ0n) is 14.2. The fourth-order valence-electron chi connectivity index (χ4n) is 3.50. The second-order valence-electron chi connectivity index (χ2n) is 6.65. The molecule has 0 aromatic heterocycles. The lowest BCUT2D eigenvalue weighted by Gasteiger charge is -2.22. The average molecular weight is 390 g/mol. The molecule has 1 aromatic carbocycles. The van der Waals surface area contributed by atoms with Crippen LogP contribution in [0.25, 0.3) is 0 Å². The van der Waals surface area contributed by atoms with Gasteiger partial charge in [0.2, 0.25) is 10.0 Å². The van der Waals surface area contributed by atoms with E-state index in [1.54, 1.807) is 18.2 Å². The van der Waals surface area contributed by atoms with Crippen molar-refractivity contribution in [3.05, 3.63) is 29.3 Å². The minimum Gasteiger partial charge on any atom is -0.391 e. The zero-order chi connectivity index (χ0) is 17.5. The highest BCUT2D eigenvalue weighted by molar-refractivity contribution is 7.92. The van der Waals surface area contributed by atoms with Crippen molar-refractivity contribution >= 4 is 34.0 Å². The lowest BCUT2D eigenvalue weighted by atomic mass is 10.0. The van der Waals surface area contributed by atoms with Gasteiger partial charge in [-0.05, 0) is 37.1 Å². The molecule has 0 spiro atoms. The Morgan fingerprint density at radius 2 is 2.12 bits per heavy atom. The Kier molecular flexibility index (Phi) is 5.98. The van der Waals surface area contributed by atoms with Crippen LogP contribution >= 0.6 is 12.4 Å². The second kappa shape index (κ2) is 7.49. The summed E-state index contributed by atoms with van der Waals surface area (Å²) in [4.78, 5) is 12.3. The predicted octanol–water partition coefficient (Wildman–Crippen LogP) is 0.129. The van der Waals surface area contributed by atoms with Crippen molar-refractivity contribution in [1.82, 2.24) is 10.6 Å². The van der Waals surface area contributed by atoms with Gasteiger partial charge in [-0.15, -0.1) is 12.4 Å². The maximum Gasteiger partial charge on any atom is 0.251 e. The highest BCUT2D eigenvalue weighted by Crippen LogP contribution is 2.34. The molecule has 3 atom stereocenters. The van der Waals surface area contributed by atoms with Crippen LogP contribution in [0, 0.1) is 5.92 Å². The Hall–Kier alpha value is -1.35. The summed E-state index contributed by atoms with van der Waals surface area (Å²) < 4.78 is 25.3. The number of carbonyl (C=O) groups is 1. The molecular formula is C16H24ClN3O4S. The predicted molar refractivity (Wildman–Crippen MR) is 98.9 cm³/mol. The van der Waals surface area contributed by atoms with Gasteiger partial charge in [0.1, 0.15) is 0 Å². The summed E-state index contributed by atoms with van der Waals surface area (Å²) in [6.45, 7) is 3.51.